The van der Waals surface area contributed by atoms with Crippen LogP contribution in [0.2, 0.25) is 0 Å². The van der Waals surface area contributed by atoms with Gasteiger partial charge in [-0.2, -0.15) is 0 Å². The van der Waals surface area contributed by atoms with Gasteiger partial charge < -0.3 is 10.6 Å². The van der Waals surface area contributed by atoms with E-state index < -0.39 is 0 Å². The largest absolute Gasteiger partial charge is 0.323 e. The molecule has 0 aromatic heterocycles. The fourth-order valence-corrected chi connectivity index (χ4v) is 2.99. The summed E-state index contributed by atoms with van der Waals surface area (Å²) < 4.78 is 0. The van der Waals surface area contributed by atoms with Crippen LogP contribution in [-0.2, 0) is 0 Å². The highest BCUT2D eigenvalue weighted by Crippen LogP contribution is 2.27. The van der Waals surface area contributed by atoms with Crippen LogP contribution in [0.4, 0.5) is 0 Å². The van der Waals surface area contributed by atoms with Crippen LogP contribution >= 0.6 is 0 Å². The van der Waals surface area contributed by atoms with Crippen molar-refractivity contribution in [1.29, 1.82) is 0 Å². The minimum absolute atomic E-state index is 0.109. The van der Waals surface area contributed by atoms with Crippen molar-refractivity contribution in [2.24, 2.45) is 11.7 Å². The summed E-state index contributed by atoms with van der Waals surface area (Å²) in [5, 5.41) is 0. The van der Waals surface area contributed by atoms with E-state index in [1.165, 1.54) is 37.8 Å². The second-order valence-corrected chi connectivity index (χ2v) is 5.77. The van der Waals surface area contributed by atoms with E-state index in [1.807, 2.05) is 6.07 Å². The van der Waals surface area contributed by atoms with E-state index in [4.69, 9.17) is 5.73 Å². The van der Waals surface area contributed by atoms with E-state index in [0.717, 1.165) is 5.92 Å². The molecule has 2 heteroatoms. The van der Waals surface area contributed by atoms with Crippen molar-refractivity contribution in [3.8, 4) is 0 Å². The molecule has 2 nitrogen and oxygen atoms in total. The quantitative estimate of drug-likeness (QED) is 0.864. The highest BCUT2D eigenvalue weighted by molar-refractivity contribution is 5.19. The summed E-state index contributed by atoms with van der Waals surface area (Å²) in [6.45, 7) is 3.44. The summed E-state index contributed by atoms with van der Waals surface area (Å²) >= 11 is 0. The third-order valence-corrected chi connectivity index (χ3v) is 4.42. The van der Waals surface area contributed by atoms with Crippen molar-refractivity contribution >= 4 is 0 Å². The predicted molar refractivity (Wildman–Crippen MR) is 77.4 cm³/mol. The maximum Gasteiger partial charge on any atom is 0.0450 e. The molecule has 0 heterocycles. The molecule has 2 N–H and O–H groups in total. The Morgan fingerprint density at radius 3 is 2.44 bits per heavy atom. The van der Waals surface area contributed by atoms with Crippen LogP contribution in [0.15, 0.2) is 30.3 Å². The summed E-state index contributed by atoms with van der Waals surface area (Å²) in [6, 6.07) is 10.9. The summed E-state index contributed by atoms with van der Waals surface area (Å²) in [7, 11) is 2.21. The second-order valence-electron chi connectivity index (χ2n) is 5.77. The molecule has 2 unspecified atom stereocenters. The number of nitrogens with two attached hydrogens (primary N) is 1. The number of rotatable bonds is 5. The van der Waals surface area contributed by atoms with Crippen LogP contribution in [0.1, 0.15) is 44.2 Å². The van der Waals surface area contributed by atoms with Crippen LogP contribution < -0.4 is 5.73 Å². The van der Waals surface area contributed by atoms with Crippen LogP contribution in [0.25, 0.3) is 0 Å². The van der Waals surface area contributed by atoms with Crippen LogP contribution in [0.3, 0.4) is 0 Å². The van der Waals surface area contributed by atoms with Gasteiger partial charge >= 0.3 is 0 Å². The second kappa shape index (κ2) is 6.35. The lowest BCUT2D eigenvalue weighted by Gasteiger charge is -2.31. The Balaban J connectivity index is 1.91. The van der Waals surface area contributed by atoms with Gasteiger partial charge in [-0.25, -0.2) is 0 Å². The Hall–Kier alpha value is -0.860. The van der Waals surface area contributed by atoms with Gasteiger partial charge in [-0.3, -0.25) is 0 Å². The molecule has 0 radical (unpaired) electrons. The van der Waals surface area contributed by atoms with Gasteiger partial charge in [0.25, 0.3) is 0 Å². The van der Waals surface area contributed by atoms with Crippen molar-refractivity contribution in [2.45, 2.75) is 44.7 Å². The lowest BCUT2D eigenvalue weighted by molar-refractivity contribution is 0.195. The third kappa shape index (κ3) is 3.33. The molecule has 1 aliphatic rings. The van der Waals surface area contributed by atoms with Crippen molar-refractivity contribution in [3.05, 3.63) is 35.9 Å². The molecule has 1 aliphatic carbocycles. The Kier molecular flexibility index (Phi) is 4.79. The first kappa shape index (κ1) is 13.6. The highest BCUT2D eigenvalue weighted by atomic mass is 15.1. The highest BCUT2D eigenvalue weighted by Gasteiger charge is 2.23. The van der Waals surface area contributed by atoms with Crippen molar-refractivity contribution in [1.82, 2.24) is 4.90 Å². The smallest absolute Gasteiger partial charge is 0.0450 e. The van der Waals surface area contributed by atoms with Gasteiger partial charge in [-0.1, -0.05) is 43.2 Å². The minimum Gasteiger partial charge on any atom is -0.323 e. The number of likely N-dealkylation sites (N-methyl/N-ethyl adjacent to an activating group) is 1. The van der Waals surface area contributed by atoms with E-state index >= 15 is 0 Å². The van der Waals surface area contributed by atoms with E-state index in [1.54, 1.807) is 0 Å². The summed E-state index contributed by atoms with van der Waals surface area (Å²) in [6.07, 6.45) is 5.63. The molecule has 0 spiro atoms. The normalized spacial score (nSPS) is 20.2. The summed E-state index contributed by atoms with van der Waals surface area (Å²) in [5.74, 6) is 0.889. The monoisotopic (exact) mass is 246 g/mol. The molecule has 0 aliphatic heterocycles. The van der Waals surface area contributed by atoms with Gasteiger partial charge in [0.1, 0.15) is 0 Å². The fraction of sp³-hybridized carbons (Fsp3) is 0.625. The lowest BCUT2D eigenvalue weighted by atomic mass is 9.99. The Morgan fingerprint density at radius 2 is 1.83 bits per heavy atom. The predicted octanol–water partition coefficient (Wildman–Crippen LogP) is 3.20. The first-order valence-electron chi connectivity index (χ1n) is 7.19. The average Bonchev–Trinajstić information content (AvgIpc) is 2.91. The Labute approximate surface area is 111 Å². The molecule has 18 heavy (non-hydrogen) atoms. The van der Waals surface area contributed by atoms with Gasteiger partial charge in [-0.05, 0) is 38.3 Å². The van der Waals surface area contributed by atoms with Crippen LogP contribution in [0, 0.1) is 5.92 Å². The number of benzene rings is 1. The molecule has 0 bridgehead atoms. The minimum atomic E-state index is 0.109. The van der Waals surface area contributed by atoms with Gasteiger partial charge in [-0.15, -0.1) is 0 Å². The van der Waals surface area contributed by atoms with Crippen LogP contribution in [-0.4, -0.2) is 24.5 Å². The zero-order valence-corrected chi connectivity index (χ0v) is 11.7. The summed E-state index contributed by atoms with van der Waals surface area (Å²) in [5.41, 5.74) is 7.61. The standard InChI is InChI=1S/C16H26N2/c1-13(16(17)15-10-4-3-5-11-15)18(2)12-14-8-6-7-9-14/h3-5,10-11,13-14,16H,6-9,12,17H2,1-2H3. The number of hydrogen-bond acceptors (Lipinski definition) is 2. The molecule has 0 amide bonds. The maximum absolute atomic E-state index is 6.37. The van der Waals surface area contributed by atoms with E-state index in [9.17, 15) is 0 Å². The molecule has 100 valence electrons. The zero-order chi connectivity index (χ0) is 13.0. The number of hydrogen-bond donors (Lipinski definition) is 1. The fourth-order valence-electron chi connectivity index (χ4n) is 2.99. The molecule has 1 aromatic rings. The van der Waals surface area contributed by atoms with Crippen molar-refractivity contribution in [2.75, 3.05) is 13.6 Å². The Morgan fingerprint density at radius 1 is 1.22 bits per heavy atom. The summed E-state index contributed by atoms with van der Waals surface area (Å²) in [4.78, 5) is 2.44. The first-order valence-corrected chi connectivity index (χ1v) is 7.19. The van der Waals surface area contributed by atoms with Gasteiger partial charge in [0.2, 0.25) is 0 Å². The molecule has 2 rings (SSSR count). The van der Waals surface area contributed by atoms with Gasteiger partial charge in [0.05, 0.1) is 0 Å². The third-order valence-electron chi connectivity index (χ3n) is 4.42. The molecule has 1 fully saturated rings. The van der Waals surface area contributed by atoms with E-state index in [0.29, 0.717) is 6.04 Å². The average molecular weight is 246 g/mol. The molecule has 2 atom stereocenters. The van der Waals surface area contributed by atoms with Gasteiger partial charge in [0, 0.05) is 18.6 Å². The molecule has 1 saturated carbocycles. The molecular formula is C16H26N2. The topological polar surface area (TPSA) is 29.3 Å². The first-order chi connectivity index (χ1) is 8.68. The molecule has 0 saturated heterocycles. The number of nitrogens with zero attached hydrogens (tertiary/aromatic N) is 1. The van der Waals surface area contributed by atoms with Crippen LogP contribution in [0.5, 0.6) is 0 Å². The van der Waals surface area contributed by atoms with E-state index in [2.05, 4.69) is 43.1 Å². The Bertz CT molecular complexity index is 343. The SMILES string of the molecule is CC(C(N)c1ccccc1)N(C)CC1CCCC1. The molecular weight excluding hydrogens is 220 g/mol. The van der Waals surface area contributed by atoms with Crippen molar-refractivity contribution in [3.63, 3.8) is 0 Å². The molecule has 1 aromatic carbocycles. The van der Waals surface area contributed by atoms with Gasteiger partial charge in [0.15, 0.2) is 0 Å². The van der Waals surface area contributed by atoms with Crippen molar-refractivity contribution < 1.29 is 0 Å². The van der Waals surface area contributed by atoms with E-state index in [-0.39, 0.29) is 6.04 Å². The zero-order valence-electron chi connectivity index (χ0n) is 11.7. The lowest BCUT2D eigenvalue weighted by Crippen LogP contribution is -2.40. The maximum atomic E-state index is 6.37.